The van der Waals surface area contributed by atoms with Gasteiger partial charge < -0.3 is 10.2 Å². The predicted octanol–water partition coefficient (Wildman–Crippen LogP) is -0.181. The Morgan fingerprint density at radius 1 is 0.875 bits per heavy atom. The van der Waals surface area contributed by atoms with Gasteiger partial charge in [0.2, 0.25) is 11.1 Å². The Morgan fingerprint density at radius 3 is 1.19 bits per heavy atom. The lowest BCUT2D eigenvalue weighted by molar-refractivity contribution is -0.599. The van der Waals surface area contributed by atoms with Gasteiger partial charge in [0, 0.05) is 37.5 Å². The third kappa shape index (κ3) is 2.45. The topological polar surface area (TPSA) is 127 Å². The molecule has 0 aliphatic carbocycles. The molecular weight excluding hydrogens is 220 g/mol. The number of hydrogen-bond donors (Lipinski definition) is 2. The number of aliphatic hydroxyl groups excluding tert-OH is 2. The molecule has 0 aromatic rings. The molecule has 0 rings (SSSR count). The molecule has 0 amide bonds. The van der Waals surface area contributed by atoms with E-state index in [0.717, 1.165) is 27.7 Å². The Bertz CT molecular complexity index is 271. The van der Waals surface area contributed by atoms with Crippen molar-refractivity contribution in [3.8, 4) is 0 Å². The molecule has 2 unspecified atom stereocenters. The first-order valence-electron chi connectivity index (χ1n) is 4.60. The first-order valence-corrected chi connectivity index (χ1v) is 4.60. The Morgan fingerprint density at radius 2 is 1.06 bits per heavy atom. The molecule has 0 saturated heterocycles. The fourth-order valence-electron chi connectivity index (χ4n) is 0.989. The monoisotopic (exact) mass is 236 g/mol. The molecule has 2 N–H and O–H groups in total. The second-order valence-electron chi connectivity index (χ2n) is 4.71. The SMILES string of the molecule is CC(C)(C(O)C(O)C(C)(C)[N+](=O)[O-])[N+](=O)[O-]. The quantitative estimate of drug-likeness (QED) is 0.503. The molecule has 0 aliphatic rings. The highest BCUT2D eigenvalue weighted by Crippen LogP contribution is 2.24. The van der Waals surface area contributed by atoms with Gasteiger partial charge in [0.15, 0.2) is 12.2 Å². The highest BCUT2D eigenvalue weighted by atomic mass is 16.6. The van der Waals surface area contributed by atoms with Crippen LogP contribution in [-0.2, 0) is 0 Å². The molecule has 0 saturated carbocycles. The van der Waals surface area contributed by atoms with Crippen LogP contribution < -0.4 is 0 Å². The number of hydrogen-bond acceptors (Lipinski definition) is 6. The second kappa shape index (κ2) is 4.30. The van der Waals surface area contributed by atoms with Gasteiger partial charge >= 0.3 is 0 Å². The van der Waals surface area contributed by atoms with Crippen molar-refractivity contribution in [1.29, 1.82) is 0 Å². The van der Waals surface area contributed by atoms with Crippen LogP contribution in [0.1, 0.15) is 27.7 Å². The van der Waals surface area contributed by atoms with Crippen LogP contribution in [0.2, 0.25) is 0 Å². The van der Waals surface area contributed by atoms with Crippen LogP contribution in [0.3, 0.4) is 0 Å². The molecule has 0 heterocycles. The lowest BCUT2D eigenvalue weighted by atomic mass is 9.84. The van der Waals surface area contributed by atoms with Gasteiger partial charge in [-0.05, 0) is 0 Å². The summed E-state index contributed by atoms with van der Waals surface area (Å²) in [6.45, 7) is 4.38. The van der Waals surface area contributed by atoms with Gasteiger partial charge in [-0.25, -0.2) is 0 Å². The minimum absolute atomic E-state index is 0.781. The largest absolute Gasteiger partial charge is 0.383 e. The molecular formula is C8H16N2O6. The summed E-state index contributed by atoms with van der Waals surface area (Å²) in [6, 6.07) is 0. The van der Waals surface area contributed by atoms with E-state index in [2.05, 4.69) is 0 Å². The zero-order valence-electron chi connectivity index (χ0n) is 9.58. The fourth-order valence-corrected chi connectivity index (χ4v) is 0.989. The molecule has 0 radical (unpaired) electrons. The molecule has 8 heteroatoms. The normalized spacial score (nSPS) is 16.6. The molecule has 2 atom stereocenters. The van der Waals surface area contributed by atoms with E-state index >= 15 is 0 Å². The van der Waals surface area contributed by atoms with Crippen molar-refractivity contribution in [2.45, 2.75) is 51.0 Å². The Kier molecular flexibility index (Phi) is 3.96. The maximum absolute atomic E-state index is 10.6. The van der Waals surface area contributed by atoms with Crippen LogP contribution in [0, 0.1) is 20.2 Å². The van der Waals surface area contributed by atoms with Gasteiger partial charge in [-0.1, -0.05) is 0 Å². The van der Waals surface area contributed by atoms with Gasteiger partial charge in [-0.2, -0.15) is 0 Å². The third-order valence-corrected chi connectivity index (χ3v) is 2.69. The number of nitro groups is 2. The number of rotatable bonds is 5. The minimum Gasteiger partial charge on any atom is -0.383 e. The maximum atomic E-state index is 10.6. The van der Waals surface area contributed by atoms with E-state index in [-0.39, 0.29) is 0 Å². The van der Waals surface area contributed by atoms with E-state index in [0.29, 0.717) is 0 Å². The van der Waals surface area contributed by atoms with Crippen molar-refractivity contribution in [2.24, 2.45) is 0 Å². The van der Waals surface area contributed by atoms with Crippen LogP contribution in [0.15, 0.2) is 0 Å². The molecule has 0 spiro atoms. The van der Waals surface area contributed by atoms with Crippen LogP contribution in [0.4, 0.5) is 0 Å². The highest BCUT2D eigenvalue weighted by Gasteiger charge is 2.53. The summed E-state index contributed by atoms with van der Waals surface area (Å²) >= 11 is 0. The molecule has 0 bridgehead atoms. The fraction of sp³-hybridized carbons (Fsp3) is 1.00. The van der Waals surface area contributed by atoms with Crippen molar-refractivity contribution in [3.63, 3.8) is 0 Å². The van der Waals surface area contributed by atoms with Crippen molar-refractivity contribution in [1.82, 2.24) is 0 Å². The van der Waals surface area contributed by atoms with Gasteiger partial charge in [-0.15, -0.1) is 0 Å². The third-order valence-electron chi connectivity index (χ3n) is 2.69. The smallest absolute Gasteiger partial charge is 0.244 e. The predicted molar refractivity (Wildman–Crippen MR) is 54.2 cm³/mol. The minimum atomic E-state index is -1.85. The highest BCUT2D eigenvalue weighted by molar-refractivity contribution is 4.91. The zero-order valence-corrected chi connectivity index (χ0v) is 9.58. The van der Waals surface area contributed by atoms with Gasteiger partial charge in [-0.3, -0.25) is 20.2 Å². The molecule has 8 nitrogen and oxygen atoms in total. The summed E-state index contributed by atoms with van der Waals surface area (Å²) in [5, 5.41) is 40.5. The number of aliphatic hydroxyl groups is 2. The average molecular weight is 236 g/mol. The average Bonchev–Trinajstić information content (AvgIpc) is 2.14. The van der Waals surface area contributed by atoms with Gasteiger partial charge in [0.1, 0.15) is 0 Å². The first kappa shape index (κ1) is 14.7. The van der Waals surface area contributed by atoms with Crippen LogP contribution in [0.5, 0.6) is 0 Å². The second-order valence-corrected chi connectivity index (χ2v) is 4.71. The lowest BCUT2D eigenvalue weighted by Gasteiger charge is -2.30. The van der Waals surface area contributed by atoms with E-state index in [4.69, 9.17) is 0 Å². The van der Waals surface area contributed by atoms with Crippen LogP contribution in [-0.4, -0.2) is 43.3 Å². The maximum Gasteiger partial charge on any atom is 0.244 e. The standard InChI is InChI=1S/C8H16N2O6/c1-7(2,9(13)14)5(11)6(12)8(3,4)10(15)16/h5-6,11-12H,1-4H3. The lowest BCUT2D eigenvalue weighted by Crippen LogP contribution is -2.59. The van der Waals surface area contributed by atoms with Crippen molar-refractivity contribution < 1.29 is 20.1 Å². The Hall–Kier alpha value is -1.28. The summed E-state index contributed by atoms with van der Waals surface area (Å²) < 4.78 is 0. The first-order chi connectivity index (χ1) is 6.95. The zero-order chi connectivity index (χ0) is 13.3. The van der Waals surface area contributed by atoms with Crippen LogP contribution >= 0.6 is 0 Å². The Labute approximate surface area is 92.2 Å². The molecule has 0 aromatic carbocycles. The summed E-state index contributed by atoms with van der Waals surface area (Å²) in [6.07, 6.45) is -3.66. The van der Waals surface area contributed by atoms with Crippen LogP contribution in [0.25, 0.3) is 0 Å². The van der Waals surface area contributed by atoms with E-state index < -0.39 is 33.1 Å². The van der Waals surface area contributed by atoms with E-state index in [1.165, 1.54) is 0 Å². The van der Waals surface area contributed by atoms with E-state index in [1.54, 1.807) is 0 Å². The van der Waals surface area contributed by atoms with Crippen molar-refractivity contribution >= 4 is 0 Å². The summed E-state index contributed by atoms with van der Waals surface area (Å²) in [5.74, 6) is 0. The summed E-state index contributed by atoms with van der Waals surface area (Å²) in [4.78, 5) is 19.7. The van der Waals surface area contributed by atoms with Crippen molar-refractivity contribution in [3.05, 3.63) is 20.2 Å². The molecule has 94 valence electrons. The van der Waals surface area contributed by atoms with Gasteiger partial charge in [0.25, 0.3) is 0 Å². The molecule has 0 aliphatic heterocycles. The summed E-state index contributed by atoms with van der Waals surface area (Å²) in [7, 11) is 0. The molecule has 0 fully saturated rings. The van der Waals surface area contributed by atoms with Crippen molar-refractivity contribution in [2.75, 3.05) is 0 Å². The number of nitrogens with zero attached hydrogens (tertiary/aromatic N) is 2. The summed E-state index contributed by atoms with van der Waals surface area (Å²) in [5.41, 5.74) is -3.71. The Balaban J connectivity index is 5.08. The van der Waals surface area contributed by atoms with Gasteiger partial charge in [0.05, 0.1) is 0 Å². The van der Waals surface area contributed by atoms with E-state index in [1.807, 2.05) is 0 Å². The molecule has 16 heavy (non-hydrogen) atoms. The molecule has 0 aromatic heterocycles. The van der Waals surface area contributed by atoms with E-state index in [9.17, 15) is 30.4 Å².